The molecule has 34 heavy (non-hydrogen) atoms. The number of alkyl halides is 3. The molecule has 8 heteroatoms. The van der Waals surface area contributed by atoms with Gasteiger partial charge in [0.15, 0.2) is 0 Å². The number of rotatable bonds is 6. The Balaban J connectivity index is 1.55. The van der Waals surface area contributed by atoms with Crippen LogP contribution in [0.2, 0.25) is 5.02 Å². The quantitative estimate of drug-likeness (QED) is 0.450. The van der Waals surface area contributed by atoms with Crippen molar-refractivity contribution in [3.05, 3.63) is 86.3 Å². The molecular weight excluding hydrogens is 465 g/mol. The molecule has 1 heterocycles. The minimum Gasteiger partial charge on any atom is -0.406 e. The predicted molar refractivity (Wildman–Crippen MR) is 128 cm³/mol. The highest BCUT2D eigenvalue weighted by Gasteiger charge is 2.30. The molecule has 0 fully saturated rings. The summed E-state index contributed by atoms with van der Waals surface area (Å²) in [5.74, 6) is 5.99. The van der Waals surface area contributed by atoms with E-state index >= 15 is 0 Å². The number of hydrogen-bond acceptors (Lipinski definition) is 3. The number of ether oxygens (including phenoxy) is 1. The molecule has 1 aromatic heterocycles. The lowest BCUT2D eigenvalue weighted by atomic mass is 10.0. The van der Waals surface area contributed by atoms with Crippen molar-refractivity contribution in [1.82, 2.24) is 9.88 Å². The highest BCUT2D eigenvalue weighted by molar-refractivity contribution is 6.31. The van der Waals surface area contributed by atoms with Crippen LogP contribution in [0.4, 0.5) is 13.2 Å². The first-order valence-corrected chi connectivity index (χ1v) is 10.9. The number of benzene rings is 2. The largest absolute Gasteiger partial charge is 0.573 e. The predicted octanol–water partition coefficient (Wildman–Crippen LogP) is 5.74. The summed E-state index contributed by atoms with van der Waals surface area (Å²) in [6, 6.07) is 13.3. The Morgan fingerprint density at radius 2 is 1.68 bits per heavy atom. The fourth-order valence-corrected chi connectivity index (χ4v) is 3.59. The summed E-state index contributed by atoms with van der Waals surface area (Å²) >= 11 is 6.11. The Morgan fingerprint density at radius 3 is 2.29 bits per heavy atom. The van der Waals surface area contributed by atoms with Crippen LogP contribution in [0, 0.1) is 25.7 Å². The van der Waals surface area contributed by atoms with E-state index in [1.807, 2.05) is 43.1 Å². The van der Waals surface area contributed by atoms with Crippen molar-refractivity contribution < 1.29 is 17.9 Å². The maximum Gasteiger partial charge on any atom is 0.573 e. The lowest BCUT2D eigenvalue weighted by molar-refractivity contribution is -0.274. The summed E-state index contributed by atoms with van der Waals surface area (Å²) in [6.07, 6.45) is -4.02. The molecule has 0 radical (unpaired) electrons. The van der Waals surface area contributed by atoms with Gasteiger partial charge in [0.05, 0.1) is 6.54 Å². The second kappa shape index (κ2) is 10.8. The van der Waals surface area contributed by atoms with E-state index in [1.54, 1.807) is 19.1 Å². The summed E-state index contributed by atoms with van der Waals surface area (Å²) < 4.78 is 40.6. The first kappa shape index (κ1) is 25.4. The van der Waals surface area contributed by atoms with Crippen LogP contribution in [0.1, 0.15) is 22.5 Å². The lowest BCUT2D eigenvalue weighted by Gasteiger charge is -2.13. The van der Waals surface area contributed by atoms with Crippen molar-refractivity contribution in [2.45, 2.75) is 26.6 Å². The molecule has 0 aliphatic heterocycles. The summed E-state index contributed by atoms with van der Waals surface area (Å²) in [5, 5.41) is 0.193. The second-order valence-electron chi connectivity index (χ2n) is 7.95. The number of nitrogens with one attached hydrogen (secondary N) is 1. The lowest BCUT2D eigenvalue weighted by Crippen LogP contribution is -2.21. The van der Waals surface area contributed by atoms with Gasteiger partial charge in [0.25, 0.3) is 0 Å². The minimum atomic E-state index is -4.69. The standard InChI is InChI=1S/C26H24ClF3N2O2/c1-17-23(25(33)24(27)18(2)31-17)21-10-6-19(7-11-21)5-4-15-32(3)16-14-20-8-12-22(13-9-20)34-26(28,29)30/h6-13H,14-16H2,1-3H3,(H,31,33). The van der Waals surface area contributed by atoms with Crippen LogP contribution in [0.25, 0.3) is 11.1 Å². The average Bonchev–Trinajstić information content (AvgIpc) is 2.77. The summed E-state index contributed by atoms with van der Waals surface area (Å²) in [5.41, 5.74) is 4.26. The molecule has 0 aliphatic carbocycles. The number of pyridine rings is 1. The molecule has 0 bridgehead atoms. The zero-order valence-corrected chi connectivity index (χ0v) is 19.8. The number of aromatic nitrogens is 1. The highest BCUT2D eigenvalue weighted by atomic mass is 35.5. The number of aryl methyl sites for hydroxylation is 2. The van der Waals surface area contributed by atoms with Gasteiger partial charge in [0.2, 0.25) is 5.43 Å². The van der Waals surface area contributed by atoms with Gasteiger partial charge in [0.1, 0.15) is 10.8 Å². The van der Waals surface area contributed by atoms with Gasteiger partial charge >= 0.3 is 6.36 Å². The van der Waals surface area contributed by atoms with E-state index in [1.165, 1.54) is 12.1 Å². The van der Waals surface area contributed by atoms with E-state index in [0.29, 0.717) is 30.8 Å². The summed E-state index contributed by atoms with van der Waals surface area (Å²) in [7, 11) is 1.93. The van der Waals surface area contributed by atoms with Crippen LogP contribution in [0.3, 0.4) is 0 Å². The van der Waals surface area contributed by atoms with Crippen molar-refractivity contribution in [3.63, 3.8) is 0 Å². The third-order valence-electron chi connectivity index (χ3n) is 5.20. The molecular formula is C26H24ClF3N2O2. The Hall–Kier alpha value is -3.21. The summed E-state index contributed by atoms with van der Waals surface area (Å²) in [4.78, 5) is 17.7. The zero-order chi connectivity index (χ0) is 24.9. The van der Waals surface area contributed by atoms with Gasteiger partial charge in [-0.1, -0.05) is 47.7 Å². The topological polar surface area (TPSA) is 45.3 Å². The number of halogens is 4. The van der Waals surface area contributed by atoms with Gasteiger partial charge in [-0.25, -0.2) is 0 Å². The van der Waals surface area contributed by atoms with Gasteiger partial charge < -0.3 is 9.72 Å². The van der Waals surface area contributed by atoms with Gasteiger partial charge in [-0.2, -0.15) is 0 Å². The molecule has 0 spiro atoms. The Morgan fingerprint density at radius 1 is 1.03 bits per heavy atom. The number of likely N-dealkylation sites (N-methyl/N-ethyl adjacent to an activating group) is 1. The maximum absolute atomic E-state index is 12.5. The van der Waals surface area contributed by atoms with Gasteiger partial charge in [-0.15, -0.1) is 13.2 Å². The van der Waals surface area contributed by atoms with E-state index in [0.717, 1.165) is 22.4 Å². The van der Waals surface area contributed by atoms with Gasteiger partial charge in [-0.05, 0) is 62.7 Å². The van der Waals surface area contributed by atoms with Crippen LogP contribution in [0.15, 0.2) is 53.3 Å². The molecule has 0 saturated carbocycles. The molecule has 0 saturated heterocycles. The zero-order valence-electron chi connectivity index (χ0n) is 19.0. The molecule has 0 unspecified atom stereocenters. The molecule has 3 aromatic rings. The molecule has 0 aliphatic rings. The Kier molecular flexibility index (Phi) is 8.08. The maximum atomic E-state index is 12.5. The smallest absolute Gasteiger partial charge is 0.406 e. The molecule has 4 nitrogen and oxygen atoms in total. The Labute approximate surface area is 201 Å². The highest BCUT2D eigenvalue weighted by Crippen LogP contribution is 2.23. The van der Waals surface area contributed by atoms with E-state index in [2.05, 4.69) is 21.6 Å². The van der Waals surface area contributed by atoms with Gasteiger partial charge in [-0.3, -0.25) is 9.69 Å². The SMILES string of the molecule is Cc1[nH]c(C)c(-c2ccc(C#CCN(C)CCc3ccc(OC(F)(F)F)cc3)cc2)c(=O)c1Cl. The molecule has 3 rings (SSSR count). The summed E-state index contributed by atoms with van der Waals surface area (Å²) in [6.45, 7) is 4.83. The minimum absolute atomic E-state index is 0.193. The van der Waals surface area contributed by atoms with Crippen molar-refractivity contribution >= 4 is 11.6 Å². The molecule has 178 valence electrons. The van der Waals surface area contributed by atoms with Crippen LogP contribution in [-0.4, -0.2) is 36.4 Å². The number of nitrogens with zero attached hydrogens (tertiary/aromatic N) is 1. The molecule has 0 atom stereocenters. The molecule has 1 N–H and O–H groups in total. The number of aromatic amines is 1. The van der Waals surface area contributed by atoms with Crippen LogP contribution >= 0.6 is 11.6 Å². The van der Waals surface area contributed by atoms with Crippen LogP contribution < -0.4 is 10.2 Å². The van der Waals surface area contributed by atoms with E-state index in [-0.39, 0.29) is 16.2 Å². The monoisotopic (exact) mass is 488 g/mol. The second-order valence-corrected chi connectivity index (χ2v) is 8.33. The number of hydrogen-bond donors (Lipinski definition) is 1. The van der Waals surface area contributed by atoms with Crippen molar-refractivity contribution in [2.24, 2.45) is 0 Å². The van der Waals surface area contributed by atoms with E-state index in [4.69, 9.17) is 11.6 Å². The normalized spacial score (nSPS) is 11.3. The first-order chi connectivity index (χ1) is 16.0. The average molecular weight is 489 g/mol. The molecule has 2 aromatic carbocycles. The van der Waals surface area contributed by atoms with E-state index in [9.17, 15) is 18.0 Å². The molecule has 0 amide bonds. The third-order valence-corrected chi connectivity index (χ3v) is 5.66. The van der Waals surface area contributed by atoms with Crippen LogP contribution in [-0.2, 0) is 6.42 Å². The first-order valence-electron chi connectivity index (χ1n) is 10.5. The third kappa shape index (κ3) is 6.89. The van der Waals surface area contributed by atoms with Gasteiger partial charge in [0, 0.05) is 29.1 Å². The van der Waals surface area contributed by atoms with Crippen molar-refractivity contribution in [1.29, 1.82) is 0 Å². The van der Waals surface area contributed by atoms with Crippen molar-refractivity contribution in [3.8, 4) is 28.7 Å². The van der Waals surface area contributed by atoms with Crippen molar-refractivity contribution in [2.75, 3.05) is 20.1 Å². The fraction of sp³-hybridized carbons (Fsp3) is 0.269. The number of H-pyrrole nitrogens is 1. The fourth-order valence-electron chi connectivity index (χ4n) is 3.45. The Bertz CT molecular complexity index is 1260. The van der Waals surface area contributed by atoms with Crippen LogP contribution in [0.5, 0.6) is 5.75 Å². The van der Waals surface area contributed by atoms with E-state index < -0.39 is 6.36 Å².